The fourth-order valence-corrected chi connectivity index (χ4v) is 1.18. The van der Waals surface area contributed by atoms with E-state index in [1.807, 2.05) is 11.5 Å². The second-order valence-electron chi connectivity index (χ2n) is 2.98. The molecule has 0 amide bonds. The third-order valence-corrected chi connectivity index (χ3v) is 1.98. The molecule has 0 bridgehead atoms. The molecule has 0 aliphatic heterocycles. The SMILES string of the molecule is C#CCC(Nc1nccn1CC)C(=O)O. The number of carboxylic acid groups (broad SMARTS) is 1. The highest BCUT2D eigenvalue weighted by Crippen LogP contribution is 2.07. The molecule has 0 aliphatic carbocycles. The van der Waals surface area contributed by atoms with E-state index in [0.29, 0.717) is 5.95 Å². The van der Waals surface area contributed by atoms with E-state index in [-0.39, 0.29) is 6.42 Å². The molecule has 2 N–H and O–H groups in total. The zero-order valence-electron chi connectivity index (χ0n) is 8.47. The predicted molar refractivity (Wildman–Crippen MR) is 56.4 cm³/mol. The highest BCUT2D eigenvalue weighted by atomic mass is 16.4. The second-order valence-corrected chi connectivity index (χ2v) is 2.98. The van der Waals surface area contributed by atoms with Crippen molar-refractivity contribution in [1.82, 2.24) is 9.55 Å². The second kappa shape index (κ2) is 5.05. The maximum absolute atomic E-state index is 10.8. The molecule has 0 saturated heterocycles. The van der Waals surface area contributed by atoms with E-state index in [9.17, 15) is 4.79 Å². The third-order valence-electron chi connectivity index (χ3n) is 1.98. The van der Waals surface area contributed by atoms with Crippen LogP contribution in [-0.2, 0) is 11.3 Å². The van der Waals surface area contributed by atoms with E-state index in [0.717, 1.165) is 6.54 Å². The summed E-state index contributed by atoms with van der Waals surface area (Å²) in [5, 5.41) is 11.7. The molecule has 5 nitrogen and oxygen atoms in total. The molecule has 15 heavy (non-hydrogen) atoms. The average Bonchev–Trinajstić information content (AvgIpc) is 2.64. The van der Waals surface area contributed by atoms with Crippen LogP contribution in [-0.4, -0.2) is 26.7 Å². The van der Waals surface area contributed by atoms with Gasteiger partial charge in [0.15, 0.2) is 0 Å². The van der Waals surface area contributed by atoms with Crippen LogP contribution in [0.5, 0.6) is 0 Å². The summed E-state index contributed by atoms with van der Waals surface area (Å²) in [5.41, 5.74) is 0. The fourth-order valence-electron chi connectivity index (χ4n) is 1.18. The van der Waals surface area contributed by atoms with E-state index in [4.69, 9.17) is 11.5 Å². The first-order valence-electron chi connectivity index (χ1n) is 4.63. The molecule has 0 aliphatic rings. The van der Waals surface area contributed by atoms with Crippen LogP contribution in [0.3, 0.4) is 0 Å². The molecular formula is C10H13N3O2. The minimum atomic E-state index is -0.974. The van der Waals surface area contributed by atoms with Crippen molar-refractivity contribution in [3.63, 3.8) is 0 Å². The fraction of sp³-hybridized carbons (Fsp3) is 0.400. The van der Waals surface area contributed by atoms with Crippen LogP contribution >= 0.6 is 0 Å². The molecule has 1 aromatic rings. The summed E-state index contributed by atoms with van der Waals surface area (Å²) in [7, 11) is 0. The third kappa shape index (κ3) is 2.74. The van der Waals surface area contributed by atoms with Gasteiger partial charge in [0.25, 0.3) is 0 Å². The van der Waals surface area contributed by atoms with Gasteiger partial charge in [0, 0.05) is 25.4 Å². The van der Waals surface area contributed by atoms with Gasteiger partial charge in [-0.25, -0.2) is 9.78 Å². The lowest BCUT2D eigenvalue weighted by molar-refractivity contribution is -0.137. The Bertz CT molecular complexity index is 378. The molecule has 0 saturated carbocycles. The lowest BCUT2D eigenvalue weighted by Gasteiger charge is -2.13. The number of anilines is 1. The van der Waals surface area contributed by atoms with Gasteiger partial charge in [0.1, 0.15) is 6.04 Å². The number of rotatable bonds is 5. The first-order chi connectivity index (χ1) is 7.19. The zero-order valence-corrected chi connectivity index (χ0v) is 8.47. The number of hydrogen-bond acceptors (Lipinski definition) is 3. The molecule has 1 heterocycles. The van der Waals surface area contributed by atoms with Crippen LogP contribution < -0.4 is 5.32 Å². The van der Waals surface area contributed by atoms with Crippen molar-refractivity contribution in [2.45, 2.75) is 25.9 Å². The van der Waals surface area contributed by atoms with Crippen molar-refractivity contribution in [1.29, 1.82) is 0 Å². The number of hydrogen-bond donors (Lipinski definition) is 2. The predicted octanol–water partition coefficient (Wildman–Crippen LogP) is 0.791. The monoisotopic (exact) mass is 207 g/mol. The van der Waals surface area contributed by atoms with Gasteiger partial charge < -0.3 is 15.0 Å². The quantitative estimate of drug-likeness (QED) is 0.700. The summed E-state index contributed by atoms with van der Waals surface area (Å²) in [6, 6.07) is -0.789. The molecule has 1 rings (SSSR count). The van der Waals surface area contributed by atoms with Crippen molar-refractivity contribution >= 4 is 11.9 Å². The normalized spacial score (nSPS) is 11.7. The van der Waals surface area contributed by atoms with Gasteiger partial charge in [-0.2, -0.15) is 0 Å². The number of nitrogens with zero attached hydrogens (tertiary/aromatic N) is 2. The maximum Gasteiger partial charge on any atom is 0.327 e. The number of terminal acetylenes is 1. The zero-order chi connectivity index (χ0) is 11.3. The first kappa shape index (κ1) is 11.1. The van der Waals surface area contributed by atoms with E-state index < -0.39 is 12.0 Å². The van der Waals surface area contributed by atoms with Crippen molar-refractivity contribution < 1.29 is 9.90 Å². The Balaban J connectivity index is 2.74. The highest BCUT2D eigenvalue weighted by Gasteiger charge is 2.17. The van der Waals surface area contributed by atoms with Gasteiger partial charge in [0.05, 0.1) is 0 Å². The Kier molecular flexibility index (Phi) is 3.75. The van der Waals surface area contributed by atoms with E-state index in [1.54, 1.807) is 12.4 Å². The standard InChI is InChI=1S/C10H13N3O2/c1-3-5-8(9(14)15)12-10-11-6-7-13(10)4-2/h1,6-8H,4-5H2,2H3,(H,11,12)(H,14,15). The highest BCUT2D eigenvalue weighted by molar-refractivity contribution is 5.76. The summed E-state index contributed by atoms with van der Waals surface area (Å²) in [6.07, 6.45) is 8.60. The van der Waals surface area contributed by atoms with E-state index >= 15 is 0 Å². The summed E-state index contributed by atoms with van der Waals surface area (Å²) in [4.78, 5) is 14.8. The Morgan fingerprint density at radius 2 is 2.60 bits per heavy atom. The van der Waals surface area contributed by atoms with Gasteiger partial charge >= 0.3 is 5.97 Å². The Hall–Kier alpha value is -1.96. The minimum absolute atomic E-state index is 0.131. The van der Waals surface area contributed by atoms with Crippen LogP contribution in [0.2, 0.25) is 0 Å². The summed E-state index contributed by atoms with van der Waals surface area (Å²) in [5.74, 6) is 1.87. The lowest BCUT2D eigenvalue weighted by atomic mass is 10.2. The molecular weight excluding hydrogens is 194 g/mol. The average molecular weight is 207 g/mol. The topological polar surface area (TPSA) is 67.2 Å². The molecule has 0 fully saturated rings. The molecule has 1 unspecified atom stereocenters. The number of carbonyl (C=O) groups is 1. The van der Waals surface area contributed by atoms with Crippen molar-refractivity contribution in [3.05, 3.63) is 12.4 Å². The van der Waals surface area contributed by atoms with Gasteiger partial charge in [-0.3, -0.25) is 0 Å². The summed E-state index contributed by atoms with van der Waals surface area (Å²) < 4.78 is 1.81. The lowest BCUT2D eigenvalue weighted by Crippen LogP contribution is -2.30. The number of carboxylic acids is 1. The van der Waals surface area contributed by atoms with Gasteiger partial charge in [-0.15, -0.1) is 12.3 Å². The van der Waals surface area contributed by atoms with Crippen LogP contribution in [0.1, 0.15) is 13.3 Å². The molecule has 80 valence electrons. The van der Waals surface area contributed by atoms with Crippen molar-refractivity contribution in [2.24, 2.45) is 0 Å². The smallest absolute Gasteiger partial charge is 0.327 e. The Labute approximate surface area is 88.1 Å². The van der Waals surface area contributed by atoms with Crippen LogP contribution in [0.15, 0.2) is 12.4 Å². The van der Waals surface area contributed by atoms with Crippen LogP contribution in [0.25, 0.3) is 0 Å². The largest absolute Gasteiger partial charge is 0.480 e. The Morgan fingerprint density at radius 3 is 3.13 bits per heavy atom. The number of aliphatic carboxylic acids is 1. The summed E-state index contributed by atoms with van der Waals surface area (Å²) in [6.45, 7) is 2.68. The number of nitrogens with one attached hydrogen (secondary N) is 1. The number of imidazole rings is 1. The van der Waals surface area contributed by atoms with Gasteiger partial charge in [-0.1, -0.05) is 0 Å². The number of aryl methyl sites for hydroxylation is 1. The molecule has 0 aromatic carbocycles. The molecule has 1 atom stereocenters. The molecule has 1 aromatic heterocycles. The van der Waals surface area contributed by atoms with E-state index in [2.05, 4.69) is 16.2 Å². The van der Waals surface area contributed by atoms with Gasteiger partial charge in [-0.05, 0) is 6.92 Å². The van der Waals surface area contributed by atoms with Crippen LogP contribution in [0, 0.1) is 12.3 Å². The molecule has 0 radical (unpaired) electrons. The maximum atomic E-state index is 10.8. The number of aromatic nitrogens is 2. The van der Waals surface area contributed by atoms with E-state index in [1.165, 1.54) is 0 Å². The Morgan fingerprint density at radius 1 is 1.87 bits per heavy atom. The van der Waals surface area contributed by atoms with Gasteiger partial charge in [0.2, 0.25) is 5.95 Å². The van der Waals surface area contributed by atoms with Crippen molar-refractivity contribution in [2.75, 3.05) is 5.32 Å². The molecule has 0 spiro atoms. The first-order valence-corrected chi connectivity index (χ1v) is 4.63. The van der Waals surface area contributed by atoms with Crippen molar-refractivity contribution in [3.8, 4) is 12.3 Å². The summed E-state index contributed by atoms with van der Waals surface area (Å²) >= 11 is 0. The van der Waals surface area contributed by atoms with Crippen LogP contribution in [0.4, 0.5) is 5.95 Å². The molecule has 5 heteroatoms. The minimum Gasteiger partial charge on any atom is -0.480 e.